The van der Waals surface area contributed by atoms with Crippen molar-refractivity contribution in [1.29, 1.82) is 0 Å². The quantitative estimate of drug-likeness (QED) is 0.666. The molecule has 7 nitrogen and oxygen atoms in total. The second kappa shape index (κ2) is 8.03. The maximum atomic E-state index is 10.7. The van der Waals surface area contributed by atoms with E-state index in [0.717, 1.165) is 19.5 Å². The van der Waals surface area contributed by atoms with Crippen molar-refractivity contribution in [2.24, 2.45) is 5.92 Å². The Kier molecular flexibility index (Phi) is 6.06. The van der Waals surface area contributed by atoms with Gasteiger partial charge in [0, 0.05) is 12.1 Å². The number of hydrogen-bond donors (Lipinski definition) is 1. The number of piperidine rings is 1. The topological polar surface area (TPSA) is 90.2 Å². The standard InChI is InChI=1S/C15H18N4O3.ClH/c20-19(21)12-1-2-13-14(9-12)17-10-15(18-13)22-8-5-11-3-6-16-7-4-11;/h1-2,9-11,16H,3-8H2;1H. The Hall–Kier alpha value is -1.99. The van der Waals surface area contributed by atoms with Crippen molar-refractivity contribution in [3.05, 3.63) is 34.5 Å². The average Bonchev–Trinajstić information content (AvgIpc) is 2.55. The third-order valence-corrected chi connectivity index (χ3v) is 3.95. The lowest BCUT2D eigenvalue weighted by molar-refractivity contribution is -0.384. The van der Waals surface area contributed by atoms with E-state index < -0.39 is 4.92 Å². The number of aromatic nitrogens is 2. The minimum atomic E-state index is -0.440. The molecule has 3 rings (SSSR count). The molecule has 2 aromatic rings. The molecule has 8 heteroatoms. The predicted octanol–water partition coefficient (Wildman–Crippen LogP) is 2.73. The molecule has 1 fully saturated rings. The fraction of sp³-hybridized carbons (Fsp3) is 0.467. The van der Waals surface area contributed by atoms with Crippen molar-refractivity contribution < 1.29 is 9.66 Å². The summed E-state index contributed by atoms with van der Waals surface area (Å²) in [5, 5.41) is 14.1. The van der Waals surface area contributed by atoms with E-state index in [9.17, 15) is 10.1 Å². The Morgan fingerprint density at radius 3 is 2.83 bits per heavy atom. The van der Waals surface area contributed by atoms with Gasteiger partial charge in [-0.25, -0.2) is 9.97 Å². The molecular weight excluding hydrogens is 320 g/mol. The van der Waals surface area contributed by atoms with Crippen molar-refractivity contribution >= 4 is 29.1 Å². The van der Waals surface area contributed by atoms with Crippen LogP contribution in [0.25, 0.3) is 11.0 Å². The van der Waals surface area contributed by atoms with E-state index in [0.29, 0.717) is 29.4 Å². The summed E-state index contributed by atoms with van der Waals surface area (Å²) >= 11 is 0. The van der Waals surface area contributed by atoms with Crippen molar-refractivity contribution in [2.75, 3.05) is 19.7 Å². The molecule has 1 aliphatic heterocycles. The summed E-state index contributed by atoms with van der Waals surface area (Å²) in [6.45, 7) is 2.79. The van der Waals surface area contributed by atoms with Gasteiger partial charge < -0.3 is 10.1 Å². The molecule has 0 amide bonds. The Balaban J connectivity index is 0.00000192. The van der Waals surface area contributed by atoms with Gasteiger partial charge in [0.05, 0.1) is 28.8 Å². The van der Waals surface area contributed by atoms with E-state index in [1.54, 1.807) is 6.07 Å². The van der Waals surface area contributed by atoms with Crippen LogP contribution in [0.3, 0.4) is 0 Å². The fourth-order valence-electron chi connectivity index (χ4n) is 2.67. The molecule has 1 N–H and O–H groups in total. The molecule has 124 valence electrons. The molecule has 0 atom stereocenters. The molecule has 23 heavy (non-hydrogen) atoms. The number of nitrogens with one attached hydrogen (secondary N) is 1. The third-order valence-electron chi connectivity index (χ3n) is 3.95. The lowest BCUT2D eigenvalue weighted by Gasteiger charge is -2.22. The van der Waals surface area contributed by atoms with Crippen LogP contribution in [0.4, 0.5) is 5.69 Å². The van der Waals surface area contributed by atoms with Gasteiger partial charge in [-0.1, -0.05) is 0 Å². The molecular formula is C15H19ClN4O3. The number of nitro groups is 1. The Bertz CT molecular complexity index is 677. The van der Waals surface area contributed by atoms with Gasteiger partial charge in [-0.05, 0) is 44.3 Å². The highest BCUT2D eigenvalue weighted by Crippen LogP contribution is 2.20. The summed E-state index contributed by atoms with van der Waals surface area (Å²) in [6, 6.07) is 4.44. The number of fused-ring (bicyclic) bond motifs is 1. The number of nitro benzene ring substituents is 1. The first-order valence-electron chi connectivity index (χ1n) is 7.47. The maximum Gasteiger partial charge on any atom is 0.271 e. The number of halogens is 1. The van der Waals surface area contributed by atoms with Gasteiger partial charge in [0.2, 0.25) is 5.88 Å². The number of hydrogen-bond acceptors (Lipinski definition) is 6. The normalized spacial score (nSPS) is 15.1. The van der Waals surface area contributed by atoms with Gasteiger partial charge in [0.1, 0.15) is 0 Å². The number of rotatable bonds is 5. The summed E-state index contributed by atoms with van der Waals surface area (Å²) in [5.74, 6) is 1.17. The monoisotopic (exact) mass is 338 g/mol. The highest BCUT2D eigenvalue weighted by atomic mass is 35.5. The Labute approximate surface area is 140 Å². The highest BCUT2D eigenvalue weighted by molar-refractivity contribution is 5.85. The van der Waals surface area contributed by atoms with E-state index in [4.69, 9.17) is 4.74 Å². The van der Waals surface area contributed by atoms with Gasteiger partial charge in [-0.15, -0.1) is 12.4 Å². The lowest BCUT2D eigenvalue weighted by atomic mass is 9.95. The lowest BCUT2D eigenvalue weighted by Crippen LogP contribution is -2.28. The first-order chi connectivity index (χ1) is 10.7. The van der Waals surface area contributed by atoms with Crippen molar-refractivity contribution in [1.82, 2.24) is 15.3 Å². The first-order valence-corrected chi connectivity index (χ1v) is 7.47. The van der Waals surface area contributed by atoms with Crippen LogP contribution in [0.2, 0.25) is 0 Å². The molecule has 0 saturated carbocycles. The molecule has 2 heterocycles. The van der Waals surface area contributed by atoms with Gasteiger partial charge >= 0.3 is 0 Å². The number of ether oxygens (including phenoxy) is 1. The van der Waals surface area contributed by atoms with Crippen LogP contribution in [0.5, 0.6) is 5.88 Å². The first kappa shape index (κ1) is 17.4. The van der Waals surface area contributed by atoms with E-state index in [1.165, 1.54) is 31.2 Å². The van der Waals surface area contributed by atoms with Crippen LogP contribution in [0, 0.1) is 16.0 Å². The zero-order valence-corrected chi connectivity index (χ0v) is 13.4. The van der Waals surface area contributed by atoms with Crippen LogP contribution in [-0.2, 0) is 0 Å². The smallest absolute Gasteiger partial charge is 0.271 e. The molecule has 1 saturated heterocycles. The molecule has 1 aliphatic rings. The average molecular weight is 339 g/mol. The molecule has 0 spiro atoms. The Morgan fingerprint density at radius 2 is 2.09 bits per heavy atom. The van der Waals surface area contributed by atoms with E-state index in [1.807, 2.05) is 0 Å². The summed E-state index contributed by atoms with van der Waals surface area (Å²) in [7, 11) is 0. The van der Waals surface area contributed by atoms with Crippen LogP contribution in [0.1, 0.15) is 19.3 Å². The van der Waals surface area contributed by atoms with E-state index in [2.05, 4.69) is 15.3 Å². The molecule has 1 aromatic heterocycles. The van der Waals surface area contributed by atoms with Gasteiger partial charge in [0.25, 0.3) is 5.69 Å². The van der Waals surface area contributed by atoms with Crippen LogP contribution < -0.4 is 10.1 Å². The summed E-state index contributed by atoms with van der Waals surface area (Å²) < 4.78 is 5.67. The second-order valence-electron chi connectivity index (χ2n) is 5.47. The Morgan fingerprint density at radius 1 is 1.30 bits per heavy atom. The summed E-state index contributed by atoms with van der Waals surface area (Å²) in [6.07, 6.45) is 4.92. The highest BCUT2D eigenvalue weighted by Gasteiger charge is 2.13. The van der Waals surface area contributed by atoms with Crippen LogP contribution >= 0.6 is 12.4 Å². The largest absolute Gasteiger partial charge is 0.477 e. The second-order valence-corrected chi connectivity index (χ2v) is 5.47. The van der Waals surface area contributed by atoms with E-state index >= 15 is 0 Å². The van der Waals surface area contributed by atoms with Crippen molar-refractivity contribution in [3.8, 4) is 5.88 Å². The zero-order valence-electron chi connectivity index (χ0n) is 12.6. The molecule has 0 radical (unpaired) electrons. The van der Waals surface area contributed by atoms with Crippen molar-refractivity contribution in [3.63, 3.8) is 0 Å². The van der Waals surface area contributed by atoms with Gasteiger partial charge in [-0.3, -0.25) is 10.1 Å². The maximum absolute atomic E-state index is 10.7. The number of benzene rings is 1. The molecule has 0 unspecified atom stereocenters. The number of non-ortho nitro benzene ring substituents is 1. The summed E-state index contributed by atoms with van der Waals surface area (Å²) in [5.41, 5.74) is 1.12. The van der Waals surface area contributed by atoms with Crippen LogP contribution in [-0.4, -0.2) is 34.6 Å². The SMILES string of the molecule is Cl.O=[N+]([O-])c1ccc2nc(OCCC3CCNCC3)cnc2c1. The predicted molar refractivity (Wildman–Crippen MR) is 89.1 cm³/mol. The van der Waals surface area contributed by atoms with Gasteiger partial charge in [-0.2, -0.15) is 0 Å². The minimum Gasteiger partial charge on any atom is -0.477 e. The third kappa shape index (κ3) is 4.49. The van der Waals surface area contributed by atoms with Crippen LogP contribution in [0.15, 0.2) is 24.4 Å². The fourth-order valence-corrected chi connectivity index (χ4v) is 2.67. The van der Waals surface area contributed by atoms with E-state index in [-0.39, 0.29) is 18.1 Å². The van der Waals surface area contributed by atoms with Crippen molar-refractivity contribution in [2.45, 2.75) is 19.3 Å². The summed E-state index contributed by atoms with van der Waals surface area (Å²) in [4.78, 5) is 18.8. The number of nitrogens with zero attached hydrogens (tertiary/aromatic N) is 3. The molecule has 0 aliphatic carbocycles. The minimum absolute atomic E-state index is 0. The molecule has 0 bridgehead atoms. The van der Waals surface area contributed by atoms with Gasteiger partial charge in [0.15, 0.2) is 0 Å². The zero-order chi connectivity index (χ0) is 15.4. The molecule has 1 aromatic carbocycles.